The van der Waals surface area contributed by atoms with E-state index < -0.39 is 17.5 Å². The van der Waals surface area contributed by atoms with Gasteiger partial charge in [0.2, 0.25) is 5.91 Å². The van der Waals surface area contributed by atoms with Crippen LogP contribution in [0.4, 0.5) is 4.79 Å². The predicted octanol–water partition coefficient (Wildman–Crippen LogP) is 2.80. The zero-order valence-corrected chi connectivity index (χ0v) is 15.8. The van der Waals surface area contributed by atoms with Crippen molar-refractivity contribution < 1.29 is 14.4 Å². The van der Waals surface area contributed by atoms with Gasteiger partial charge in [-0.15, -0.1) is 0 Å². The van der Waals surface area contributed by atoms with Crippen molar-refractivity contribution in [3.8, 4) is 0 Å². The van der Waals surface area contributed by atoms with E-state index in [-0.39, 0.29) is 18.5 Å². The Labute approximate surface area is 158 Å². The average Bonchev–Trinajstić information content (AvgIpc) is 2.82. The van der Waals surface area contributed by atoms with Crippen LogP contribution >= 0.6 is 11.6 Å². The zero-order chi connectivity index (χ0) is 18.9. The lowest BCUT2D eigenvalue weighted by Crippen LogP contribution is -2.46. The van der Waals surface area contributed by atoms with E-state index in [9.17, 15) is 14.4 Å². The lowest BCUT2D eigenvalue weighted by Gasteiger charge is -2.27. The van der Waals surface area contributed by atoms with Crippen molar-refractivity contribution in [3.63, 3.8) is 0 Å². The highest BCUT2D eigenvalue weighted by molar-refractivity contribution is 6.30. The average molecular weight is 378 g/mol. The molecule has 4 amide bonds. The van der Waals surface area contributed by atoms with Gasteiger partial charge >= 0.3 is 6.03 Å². The summed E-state index contributed by atoms with van der Waals surface area (Å²) in [7, 11) is 0. The first kappa shape index (κ1) is 18.7. The second kappa shape index (κ2) is 7.27. The maximum atomic E-state index is 12.8. The Morgan fingerprint density at radius 3 is 2.46 bits per heavy atom. The minimum Gasteiger partial charge on any atom is -0.352 e. The fraction of sp³-hybridized carbons (Fsp3) is 0.526. The van der Waals surface area contributed by atoms with Crippen LogP contribution in [0.2, 0.25) is 5.02 Å². The lowest BCUT2D eigenvalue weighted by molar-refractivity contribution is -0.135. The molecule has 1 atom stereocenters. The van der Waals surface area contributed by atoms with E-state index in [1.807, 2.05) is 0 Å². The molecule has 1 saturated heterocycles. The summed E-state index contributed by atoms with van der Waals surface area (Å²) >= 11 is 5.89. The number of hydrogen-bond acceptors (Lipinski definition) is 3. The Morgan fingerprint density at radius 1 is 1.23 bits per heavy atom. The second-order valence-corrected chi connectivity index (χ2v) is 7.91. The van der Waals surface area contributed by atoms with Crippen molar-refractivity contribution in [2.75, 3.05) is 6.54 Å². The molecule has 1 aliphatic heterocycles. The number of benzene rings is 1. The first-order chi connectivity index (χ1) is 12.3. The zero-order valence-electron chi connectivity index (χ0n) is 15.0. The SMILES string of the molecule is CC1CCC(NC(=O)CN2C(=O)NC(C)(c3ccc(Cl)cc3)C2=O)CC1. The number of imide groups is 1. The maximum Gasteiger partial charge on any atom is 0.325 e. The van der Waals surface area contributed by atoms with Gasteiger partial charge in [-0.25, -0.2) is 4.79 Å². The molecule has 2 fully saturated rings. The van der Waals surface area contributed by atoms with Crippen LogP contribution in [0.5, 0.6) is 0 Å². The molecule has 1 aromatic carbocycles. The van der Waals surface area contributed by atoms with Crippen LogP contribution < -0.4 is 10.6 Å². The van der Waals surface area contributed by atoms with Crippen LogP contribution in [0.1, 0.15) is 45.1 Å². The van der Waals surface area contributed by atoms with Crippen LogP contribution in [-0.2, 0) is 15.1 Å². The van der Waals surface area contributed by atoms with Gasteiger partial charge in [0.05, 0.1) is 0 Å². The normalized spacial score (nSPS) is 28.8. The molecule has 3 rings (SSSR count). The van der Waals surface area contributed by atoms with Gasteiger partial charge < -0.3 is 10.6 Å². The number of carbonyl (C=O) groups excluding carboxylic acids is 3. The van der Waals surface area contributed by atoms with E-state index >= 15 is 0 Å². The number of rotatable bonds is 4. The third-order valence-electron chi connectivity index (χ3n) is 5.38. The molecule has 2 aliphatic rings. The van der Waals surface area contributed by atoms with Crippen LogP contribution in [0, 0.1) is 5.92 Å². The van der Waals surface area contributed by atoms with Gasteiger partial charge in [0.25, 0.3) is 5.91 Å². The van der Waals surface area contributed by atoms with Gasteiger partial charge in [0, 0.05) is 11.1 Å². The minimum atomic E-state index is -1.19. The Balaban J connectivity index is 1.65. The number of nitrogens with zero attached hydrogens (tertiary/aromatic N) is 1. The van der Waals surface area contributed by atoms with Crippen molar-refractivity contribution >= 4 is 29.4 Å². The van der Waals surface area contributed by atoms with Gasteiger partial charge in [-0.3, -0.25) is 14.5 Å². The Morgan fingerprint density at radius 2 is 1.85 bits per heavy atom. The molecule has 6 nitrogen and oxygen atoms in total. The van der Waals surface area contributed by atoms with Crippen molar-refractivity contribution in [1.29, 1.82) is 0 Å². The number of nitrogens with one attached hydrogen (secondary N) is 2. The predicted molar refractivity (Wildman–Crippen MR) is 98.6 cm³/mol. The van der Waals surface area contributed by atoms with Crippen molar-refractivity contribution in [2.45, 2.75) is 51.1 Å². The maximum absolute atomic E-state index is 12.8. The number of amides is 4. The smallest absolute Gasteiger partial charge is 0.325 e. The number of carbonyl (C=O) groups is 3. The summed E-state index contributed by atoms with van der Waals surface area (Å²) in [5, 5.41) is 6.20. The number of halogens is 1. The molecule has 1 unspecified atom stereocenters. The Hall–Kier alpha value is -2.08. The third-order valence-corrected chi connectivity index (χ3v) is 5.63. The Kier molecular flexibility index (Phi) is 5.23. The Bertz CT molecular complexity index is 713. The summed E-state index contributed by atoms with van der Waals surface area (Å²) in [5.74, 6) is -0.0418. The van der Waals surface area contributed by atoms with Crippen LogP contribution in [0.15, 0.2) is 24.3 Å². The molecule has 0 bridgehead atoms. The van der Waals surface area contributed by atoms with E-state index in [1.165, 1.54) is 0 Å². The summed E-state index contributed by atoms with van der Waals surface area (Å²) in [6.45, 7) is 3.58. The molecule has 1 aromatic rings. The molecule has 26 heavy (non-hydrogen) atoms. The van der Waals surface area contributed by atoms with E-state index in [0.717, 1.165) is 30.6 Å². The highest BCUT2D eigenvalue weighted by Crippen LogP contribution is 2.29. The topological polar surface area (TPSA) is 78.5 Å². The fourth-order valence-electron chi connectivity index (χ4n) is 3.64. The van der Waals surface area contributed by atoms with E-state index in [2.05, 4.69) is 17.6 Å². The van der Waals surface area contributed by atoms with Crippen LogP contribution in [-0.4, -0.2) is 35.3 Å². The lowest BCUT2D eigenvalue weighted by atomic mass is 9.87. The van der Waals surface area contributed by atoms with Crippen molar-refractivity contribution in [2.24, 2.45) is 5.92 Å². The molecule has 1 heterocycles. The molecular weight excluding hydrogens is 354 g/mol. The quantitative estimate of drug-likeness (QED) is 0.792. The second-order valence-electron chi connectivity index (χ2n) is 7.48. The molecule has 0 radical (unpaired) electrons. The highest BCUT2D eigenvalue weighted by atomic mass is 35.5. The fourth-order valence-corrected chi connectivity index (χ4v) is 3.77. The summed E-state index contributed by atoms with van der Waals surface area (Å²) in [6.07, 6.45) is 4.05. The molecule has 2 N–H and O–H groups in total. The number of urea groups is 1. The largest absolute Gasteiger partial charge is 0.352 e. The summed E-state index contributed by atoms with van der Waals surface area (Å²) in [5.41, 5.74) is -0.563. The molecule has 0 spiro atoms. The van der Waals surface area contributed by atoms with E-state index in [1.54, 1.807) is 31.2 Å². The monoisotopic (exact) mass is 377 g/mol. The van der Waals surface area contributed by atoms with Crippen molar-refractivity contribution in [3.05, 3.63) is 34.9 Å². The summed E-state index contributed by atoms with van der Waals surface area (Å²) < 4.78 is 0. The summed E-state index contributed by atoms with van der Waals surface area (Å²) in [4.78, 5) is 38.4. The van der Waals surface area contributed by atoms with Crippen molar-refractivity contribution in [1.82, 2.24) is 15.5 Å². The first-order valence-electron chi connectivity index (χ1n) is 8.99. The summed E-state index contributed by atoms with van der Waals surface area (Å²) in [6, 6.07) is 6.31. The highest BCUT2D eigenvalue weighted by Gasteiger charge is 2.49. The molecule has 0 aromatic heterocycles. The molecule has 140 valence electrons. The number of hydrogen-bond donors (Lipinski definition) is 2. The van der Waals surface area contributed by atoms with Gasteiger partial charge in [-0.2, -0.15) is 0 Å². The van der Waals surface area contributed by atoms with E-state index in [0.29, 0.717) is 16.5 Å². The van der Waals surface area contributed by atoms with Crippen LogP contribution in [0.3, 0.4) is 0 Å². The first-order valence-corrected chi connectivity index (χ1v) is 9.37. The van der Waals surface area contributed by atoms with Gasteiger partial charge in [0.15, 0.2) is 0 Å². The van der Waals surface area contributed by atoms with Gasteiger partial charge in [0.1, 0.15) is 12.1 Å². The molecular formula is C19H24ClN3O3. The van der Waals surface area contributed by atoms with Crippen LogP contribution in [0.25, 0.3) is 0 Å². The van der Waals surface area contributed by atoms with Gasteiger partial charge in [-0.05, 0) is 56.2 Å². The molecule has 1 aliphatic carbocycles. The molecule has 7 heteroatoms. The minimum absolute atomic E-state index is 0.127. The van der Waals surface area contributed by atoms with Gasteiger partial charge in [-0.1, -0.05) is 30.7 Å². The van der Waals surface area contributed by atoms with E-state index in [4.69, 9.17) is 11.6 Å². The standard InChI is InChI=1S/C19H24ClN3O3/c1-12-3-9-15(10-4-12)21-16(24)11-23-17(25)19(2,22-18(23)26)13-5-7-14(20)8-6-13/h5-8,12,15H,3-4,9-11H2,1-2H3,(H,21,24)(H,22,26). The third kappa shape index (κ3) is 3.70. The molecule has 1 saturated carbocycles.